The Morgan fingerprint density at radius 2 is 2.29 bits per heavy atom. The Balaban J connectivity index is 0.00000144. The predicted molar refractivity (Wildman–Crippen MR) is 74.6 cm³/mol. The molecular formula is C13H19Cl2NO. The van der Waals surface area contributed by atoms with E-state index in [-0.39, 0.29) is 18.5 Å². The SMILES string of the molecule is CCc1ccc(OC2CCCNC2)c(Cl)c1.Cl. The smallest absolute Gasteiger partial charge is 0.138 e. The normalized spacial score (nSPS) is 19.5. The Labute approximate surface area is 114 Å². The molecule has 0 amide bonds. The first-order valence-electron chi connectivity index (χ1n) is 5.95. The summed E-state index contributed by atoms with van der Waals surface area (Å²) in [5, 5.41) is 4.06. The maximum atomic E-state index is 6.18. The summed E-state index contributed by atoms with van der Waals surface area (Å²) in [7, 11) is 0. The number of halogens is 2. The van der Waals surface area contributed by atoms with Crippen LogP contribution in [0.25, 0.3) is 0 Å². The number of benzene rings is 1. The molecule has 1 aromatic carbocycles. The molecule has 0 aliphatic carbocycles. The standard InChI is InChI=1S/C13H18ClNO.ClH/c1-2-10-5-6-13(12(14)8-10)16-11-4-3-7-15-9-11;/h5-6,8,11,15H,2-4,7,9H2,1H3;1H. The molecule has 0 spiro atoms. The van der Waals surface area contributed by atoms with E-state index in [1.165, 1.54) is 12.0 Å². The summed E-state index contributed by atoms with van der Waals surface area (Å²) in [5.74, 6) is 0.813. The molecule has 96 valence electrons. The van der Waals surface area contributed by atoms with Crippen molar-refractivity contribution in [1.29, 1.82) is 0 Å². The molecule has 1 saturated heterocycles. The number of aryl methyl sites for hydroxylation is 1. The van der Waals surface area contributed by atoms with Gasteiger partial charge in [-0.2, -0.15) is 0 Å². The van der Waals surface area contributed by atoms with Crippen LogP contribution in [-0.2, 0) is 6.42 Å². The third-order valence-electron chi connectivity index (χ3n) is 2.95. The molecule has 1 atom stereocenters. The van der Waals surface area contributed by atoms with Gasteiger partial charge in [0.1, 0.15) is 11.9 Å². The second kappa shape index (κ2) is 7.10. The van der Waals surface area contributed by atoms with E-state index in [1.807, 2.05) is 12.1 Å². The van der Waals surface area contributed by atoms with Crippen molar-refractivity contribution in [2.24, 2.45) is 0 Å². The van der Waals surface area contributed by atoms with Gasteiger partial charge in [0.05, 0.1) is 5.02 Å². The Morgan fingerprint density at radius 3 is 2.88 bits per heavy atom. The van der Waals surface area contributed by atoms with E-state index in [4.69, 9.17) is 16.3 Å². The molecule has 4 heteroatoms. The van der Waals surface area contributed by atoms with Gasteiger partial charge in [-0.1, -0.05) is 24.6 Å². The van der Waals surface area contributed by atoms with E-state index >= 15 is 0 Å². The van der Waals surface area contributed by atoms with E-state index in [0.717, 1.165) is 36.7 Å². The van der Waals surface area contributed by atoms with Crippen molar-refractivity contribution in [2.45, 2.75) is 32.3 Å². The fourth-order valence-electron chi connectivity index (χ4n) is 1.96. The van der Waals surface area contributed by atoms with E-state index in [1.54, 1.807) is 0 Å². The van der Waals surface area contributed by atoms with E-state index in [2.05, 4.69) is 18.3 Å². The molecule has 0 radical (unpaired) electrons. The summed E-state index contributed by atoms with van der Waals surface area (Å²) in [5.41, 5.74) is 1.25. The average molecular weight is 276 g/mol. The van der Waals surface area contributed by atoms with Crippen LogP contribution in [-0.4, -0.2) is 19.2 Å². The lowest BCUT2D eigenvalue weighted by atomic mass is 10.1. The first-order chi connectivity index (χ1) is 7.79. The highest BCUT2D eigenvalue weighted by Crippen LogP contribution is 2.27. The van der Waals surface area contributed by atoms with Gasteiger partial charge in [-0.15, -0.1) is 12.4 Å². The Bertz CT molecular complexity index is 351. The van der Waals surface area contributed by atoms with Gasteiger partial charge in [0.2, 0.25) is 0 Å². The molecule has 17 heavy (non-hydrogen) atoms. The summed E-state index contributed by atoms with van der Waals surface area (Å²) >= 11 is 6.18. The summed E-state index contributed by atoms with van der Waals surface area (Å²) in [6.07, 6.45) is 3.55. The molecule has 1 heterocycles. The maximum absolute atomic E-state index is 6.18. The number of rotatable bonds is 3. The second-order valence-electron chi connectivity index (χ2n) is 4.20. The molecule has 2 nitrogen and oxygen atoms in total. The van der Waals surface area contributed by atoms with Gasteiger partial charge >= 0.3 is 0 Å². The highest BCUT2D eigenvalue weighted by atomic mass is 35.5. The lowest BCUT2D eigenvalue weighted by Crippen LogP contribution is -2.37. The topological polar surface area (TPSA) is 21.3 Å². The lowest BCUT2D eigenvalue weighted by Gasteiger charge is -2.24. The van der Waals surface area contributed by atoms with E-state index in [0.29, 0.717) is 0 Å². The van der Waals surface area contributed by atoms with Crippen LogP contribution in [0.3, 0.4) is 0 Å². The van der Waals surface area contributed by atoms with E-state index in [9.17, 15) is 0 Å². The van der Waals surface area contributed by atoms with Crippen LogP contribution in [0.15, 0.2) is 18.2 Å². The van der Waals surface area contributed by atoms with Crippen molar-refractivity contribution in [3.05, 3.63) is 28.8 Å². The second-order valence-corrected chi connectivity index (χ2v) is 4.61. The summed E-state index contributed by atoms with van der Waals surface area (Å²) in [6, 6.07) is 6.06. The monoisotopic (exact) mass is 275 g/mol. The Kier molecular flexibility index (Phi) is 6.10. The summed E-state index contributed by atoms with van der Waals surface area (Å²) < 4.78 is 5.89. The zero-order chi connectivity index (χ0) is 11.4. The van der Waals surface area contributed by atoms with Crippen molar-refractivity contribution in [1.82, 2.24) is 5.32 Å². The number of piperidine rings is 1. The molecule has 1 unspecified atom stereocenters. The van der Waals surface area contributed by atoms with Crippen molar-refractivity contribution in [2.75, 3.05) is 13.1 Å². The molecule has 1 aromatic rings. The minimum atomic E-state index is 0. The molecule has 2 rings (SSSR count). The Hall–Kier alpha value is -0.440. The fraction of sp³-hybridized carbons (Fsp3) is 0.538. The predicted octanol–water partition coefficient (Wildman–Crippen LogP) is 3.46. The van der Waals surface area contributed by atoms with Crippen LogP contribution in [0.4, 0.5) is 0 Å². The van der Waals surface area contributed by atoms with Crippen LogP contribution < -0.4 is 10.1 Å². The minimum absolute atomic E-state index is 0. The fourth-order valence-corrected chi connectivity index (χ4v) is 2.21. The average Bonchev–Trinajstić information content (AvgIpc) is 2.33. The van der Waals surface area contributed by atoms with Crippen molar-refractivity contribution < 1.29 is 4.74 Å². The van der Waals surface area contributed by atoms with Crippen LogP contribution in [0.5, 0.6) is 5.75 Å². The van der Waals surface area contributed by atoms with Gasteiger partial charge in [-0.25, -0.2) is 0 Å². The molecular weight excluding hydrogens is 257 g/mol. The summed E-state index contributed by atoms with van der Waals surface area (Å²) in [4.78, 5) is 0. The molecule has 1 N–H and O–H groups in total. The van der Waals surface area contributed by atoms with Gasteiger partial charge in [-0.05, 0) is 43.5 Å². The minimum Gasteiger partial charge on any atom is -0.488 e. The first-order valence-corrected chi connectivity index (χ1v) is 6.33. The zero-order valence-corrected chi connectivity index (χ0v) is 11.6. The van der Waals surface area contributed by atoms with Gasteiger partial charge < -0.3 is 10.1 Å². The third kappa shape index (κ3) is 4.06. The van der Waals surface area contributed by atoms with Crippen molar-refractivity contribution in [3.63, 3.8) is 0 Å². The number of hydrogen-bond acceptors (Lipinski definition) is 2. The highest BCUT2D eigenvalue weighted by molar-refractivity contribution is 6.32. The van der Waals surface area contributed by atoms with E-state index < -0.39 is 0 Å². The molecule has 0 saturated carbocycles. The first kappa shape index (κ1) is 14.6. The Morgan fingerprint density at radius 1 is 1.47 bits per heavy atom. The number of nitrogens with one attached hydrogen (secondary N) is 1. The molecule has 1 aliphatic rings. The number of ether oxygens (including phenoxy) is 1. The zero-order valence-electron chi connectivity index (χ0n) is 10.0. The van der Waals surface area contributed by atoms with Crippen LogP contribution in [0, 0.1) is 0 Å². The third-order valence-corrected chi connectivity index (χ3v) is 3.25. The lowest BCUT2D eigenvalue weighted by molar-refractivity contribution is 0.167. The van der Waals surface area contributed by atoms with Gasteiger partial charge in [0, 0.05) is 6.54 Å². The van der Waals surface area contributed by atoms with Crippen LogP contribution in [0.1, 0.15) is 25.3 Å². The molecule has 1 fully saturated rings. The molecule has 0 aromatic heterocycles. The summed E-state index contributed by atoms with van der Waals surface area (Å²) in [6.45, 7) is 4.14. The maximum Gasteiger partial charge on any atom is 0.138 e. The van der Waals surface area contributed by atoms with Gasteiger partial charge in [0.15, 0.2) is 0 Å². The van der Waals surface area contributed by atoms with Crippen LogP contribution in [0.2, 0.25) is 5.02 Å². The molecule has 0 bridgehead atoms. The van der Waals surface area contributed by atoms with Crippen molar-refractivity contribution in [3.8, 4) is 5.75 Å². The van der Waals surface area contributed by atoms with Gasteiger partial charge in [0.25, 0.3) is 0 Å². The largest absolute Gasteiger partial charge is 0.488 e. The van der Waals surface area contributed by atoms with Gasteiger partial charge in [-0.3, -0.25) is 0 Å². The quantitative estimate of drug-likeness (QED) is 0.913. The van der Waals surface area contributed by atoms with Crippen LogP contribution >= 0.6 is 24.0 Å². The molecule has 1 aliphatic heterocycles. The highest BCUT2D eigenvalue weighted by Gasteiger charge is 2.15. The van der Waals surface area contributed by atoms with Crippen molar-refractivity contribution >= 4 is 24.0 Å². The number of hydrogen-bond donors (Lipinski definition) is 1.